The minimum Gasteiger partial charge on any atom is -0.389 e. The SMILES string of the molecule is CC1(C)CCC(O)(CNCC2CC3C=CC2C3)CC1. The van der Waals surface area contributed by atoms with Gasteiger partial charge in [0, 0.05) is 6.54 Å². The molecule has 2 bridgehead atoms. The zero-order chi connectivity index (χ0) is 13.5. The summed E-state index contributed by atoms with van der Waals surface area (Å²) in [4.78, 5) is 0. The van der Waals surface area contributed by atoms with E-state index in [1.807, 2.05) is 0 Å². The molecule has 3 rings (SSSR count). The van der Waals surface area contributed by atoms with Crippen molar-refractivity contribution in [2.75, 3.05) is 13.1 Å². The van der Waals surface area contributed by atoms with Gasteiger partial charge in [0.25, 0.3) is 0 Å². The maximum absolute atomic E-state index is 10.6. The van der Waals surface area contributed by atoms with Gasteiger partial charge in [-0.2, -0.15) is 0 Å². The first-order chi connectivity index (χ1) is 8.96. The lowest BCUT2D eigenvalue weighted by molar-refractivity contribution is -0.0248. The fourth-order valence-corrected chi connectivity index (χ4v) is 4.19. The first-order valence-electron chi connectivity index (χ1n) is 8.07. The second kappa shape index (κ2) is 4.89. The molecule has 2 saturated carbocycles. The average Bonchev–Trinajstić information content (AvgIpc) is 2.96. The highest BCUT2D eigenvalue weighted by atomic mass is 16.3. The van der Waals surface area contributed by atoms with Gasteiger partial charge in [0.05, 0.1) is 5.60 Å². The number of fused-ring (bicyclic) bond motifs is 2. The molecule has 0 aromatic heterocycles. The monoisotopic (exact) mass is 263 g/mol. The average molecular weight is 263 g/mol. The van der Waals surface area contributed by atoms with E-state index in [0.717, 1.165) is 56.5 Å². The van der Waals surface area contributed by atoms with Crippen molar-refractivity contribution in [3.8, 4) is 0 Å². The van der Waals surface area contributed by atoms with Gasteiger partial charge in [-0.15, -0.1) is 0 Å². The number of nitrogens with one attached hydrogen (secondary N) is 1. The summed E-state index contributed by atoms with van der Waals surface area (Å²) in [6.07, 6.45) is 11.8. The Morgan fingerprint density at radius 2 is 1.84 bits per heavy atom. The Morgan fingerprint density at radius 1 is 1.11 bits per heavy atom. The first kappa shape index (κ1) is 13.6. The van der Waals surface area contributed by atoms with Crippen LogP contribution in [-0.2, 0) is 0 Å². The summed E-state index contributed by atoms with van der Waals surface area (Å²) in [5.41, 5.74) is -0.00932. The predicted octanol–water partition coefficient (Wildman–Crippen LogP) is 3.12. The molecule has 2 heteroatoms. The second-order valence-corrected chi connectivity index (χ2v) is 8.06. The van der Waals surface area contributed by atoms with E-state index < -0.39 is 5.60 Å². The van der Waals surface area contributed by atoms with Crippen LogP contribution >= 0.6 is 0 Å². The highest BCUT2D eigenvalue weighted by Crippen LogP contribution is 2.43. The Labute approximate surface area is 117 Å². The molecule has 3 aliphatic carbocycles. The Balaban J connectivity index is 1.41. The summed E-state index contributed by atoms with van der Waals surface area (Å²) in [5.74, 6) is 2.49. The molecular weight excluding hydrogens is 234 g/mol. The highest BCUT2D eigenvalue weighted by Gasteiger charge is 2.38. The minimum absolute atomic E-state index is 0.432. The molecule has 3 aliphatic rings. The van der Waals surface area contributed by atoms with E-state index in [-0.39, 0.29) is 0 Å². The lowest BCUT2D eigenvalue weighted by Gasteiger charge is -2.40. The van der Waals surface area contributed by atoms with Crippen LogP contribution in [0, 0.1) is 23.2 Å². The van der Waals surface area contributed by atoms with Crippen molar-refractivity contribution in [3.05, 3.63) is 12.2 Å². The molecule has 0 heterocycles. The Kier molecular flexibility index (Phi) is 3.51. The van der Waals surface area contributed by atoms with Gasteiger partial charge in [0.2, 0.25) is 0 Å². The summed E-state index contributed by atoms with van der Waals surface area (Å²) < 4.78 is 0. The summed E-state index contributed by atoms with van der Waals surface area (Å²) in [7, 11) is 0. The Bertz CT molecular complexity index is 350. The number of allylic oxidation sites excluding steroid dienone is 2. The summed E-state index contributed by atoms with van der Waals surface area (Å²) in [6, 6.07) is 0. The van der Waals surface area contributed by atoms with E-state index in [1.165, 1.54) is 12.8 Å². The molecule has 0 spiro atoms. The molecule has 108 valence electrons. The number of hydrogen-bond acceptors (Lipinski definition) is 2. The van der Waals surface area contributed by atoms with Crippen LogP contribution in [0.4, 0.5) is 0 Å². The quantitative estimate of drug-likeness (QED) is 0.764. The van der Waals surface area contributed by atoms with E-state index in [1.54, 1.807) is 0 Å². The summed E-state index contributed by atoms with van der Waals surface area (Å²) in [5, 5.41) is 14.2. The van der Waals surface area contributed by atoms with Gasteiger partial charge >= 0.3 is 0 Å². The van der Waals surface area contributed by atoms with Gasteiger partial charge < -0.3 is 10.4 Å². The molecule has 2 fully saturated rings. The summed E-state index contributed by atoms with van der Waals surface area (Å²) >= 11 is 0. The number of rotatable bonds is 4. The molecule has 19 heavy (non-hydrogen) atoms. The molecule has 3 atom stereocenters. The van der Waals surface area contributed by atoms with Crippen LogP contribution in [0.5, 0.6) is 0 Å². The molecular formula is C17H29NO. The van der Waals surface area contributed by atoms with Gasteiger partial charge in [0.1, 0.15) is 0 Å². The standard InChI is InChI=1S/C17H29NO/c1-16(2)5-7-17(19,8-6-16)12-18-11-15-10-13-3-4-14(15)9-13/h3-4,13-15,18-19H,5-12H2,1-2H3. The van der Waals surface area contributed by atoms with Crippen molar-refractivity contribution < 1.29 is 5.11 Å². The van der Waals surface area contributed by atoms with Gasteiger partial charge in [0.15, 0.2) is 0 Å². The van der Waals surface area contributed by atoms with Gasteiger partial charge in [-0.25, -0.2) is 0 Å². The maximum Gasteiger partial charge on any atom is 0.0772 e. The first-order valence-corrected chi connectivity index (χ1v) is 8.07. The molecule has 0 aliphatic heterocycles. The van der Waals surface area contributed by atoms with Gasteiger partial charge in [-0.1, -0.05) is 26.0 Å². The van der Waals surface area contributed by atoms with Crippen molar-refractivity contribution in [1.82, 2.24) is 5.32 Å². The molecule has 2 nitrogen and oxygen atoms in total. The van der Waals surface area contributed by atoms with Crippen LogP contribution < -0.4 is 5.32 Å². The molecule has 2 N–H and O–H groups in total. The van der Waals surface area contributed by atoms with Crippen molar-refractivity contribution in [1.29, 1.82) is 0 Å². The second-order valence-electron chi connectivity index (χ2n) is 8.06. The van der Waals surface area contributed by atoms with Gasteiger partial charge in [-0.05, 0) is 68.2 Å². The van der Waals surface area contributed by atoms with Crippen LogP contribution in [0.1, 0.15) is 52.4 Å². The van der Waals surface area contributed by atoms with Crippen molar-refractivity contribution >= 4 is 0 Å². The number of aliphatic hydroxyl groups is 1. The van der Waals surface area contributed by atoms with E-state index >= 15 is 0 Å². The normalized spacial score (nSPS) is 38.8. The van der Waals surface area contributed by atoms with Gasteiger partial charge in [-0.3, -0.25) is 0 Å². The van der Waals surface area contributed by atoms with Crippen LogP contribution in [0.25, 0.3) is 0 Å². The van der Waals surface area contributed by atoms with Crippen LogP contribution in [0.2, 0.25) is 0 Å². The number of hydrogen-bond donors (Lipinski definition) is 2. The highest BCUT2D eigenvalue weighted by molar-refractivity contribution is 5.10. The fraction of sp³-hybridized carbons (Fsp3) is 0.882. The third kappa shape index (κ3) is 3.05. The lowest BCUT2D eigenvalue weighted by atomic mass is 9.71. The molecule has 0 aromatic rings. The van der Waals surface area contributed by atoms with Crippen LogP contribution in [-0.4, -0.2) is 23.8 Å². The van der Waals surface area contributed by atoms with E-state index in [9.17, 15) is 5.11 Å². The lowest BCUT2D eigenvalue weighted by Crippen LogP contribution is -2.46. The smallest absolute Gasteiger partial charge is 0.0772 e. The fourth-order valence-electron chi connectivity index (χ4n) is 4.19. The van der Waals surface area contributed by atoms with Crippen LogP contribution in [0.3, 0.4) is 0 Å². The van der Waals surface area contributed by atoms with Crippen molar-refractivity contribution in [2.45, 2.75) is 58.0 Å². The Morgan fingerprint density at radius 3 is 2.42 bits per heavy atom. The van der Waals surface area contributed by atoms with E-state index in [0.29, 0.717) is 5.41 Å². The third-order valence-electron chi connectivity index (χ3n) is 5.81. The molecule has 0 amide bonds. The molecule has 3 unspecified atom stereocenters. The Hall–Kier alpha value is -0.340. The maximum atomic E-state index is 10.6. The summed E-state index contributed by atoms with van der Waals surface area (Å²) in [6.45, 7) is 6.53. The van der Waals surface area contributed by atoms with Crippen LogP contribution in [0.15, 0.2) is 12.2 Å². The van der Waals surface area contributed by atoms with Crippen molar-refractivity contribution in [3.63, 3.8) is 0 Å². The third-order valence-corrected chi connectivity index (χ3v) is 5.81. The van der Waals surface area contributed by atoms with E-state index in [2.05, 4.69) is 31.3 Å². The molecule has 0 aromatic carbocycles. The largest absolute Gasteiger partial charge is 0.389 e. The molecule has 0 saturated heterocycles. The topological polar surface area (TPSA) is 32.3 Å². The minimum atomic E-state index is -0.441. The molecule has 0 radical (unpaired) electrons. The predicted molar refractivity (Wildman–Crippen MR) is 78.9 cm³/mol. The zero-order valence-electron chi connectivity index (χ0n) is 12.5. The van der Waals surface area contributed by atoms with Crippen molar-refractivity contribution in [2.24, 2.45) is 23.2 Å². The van der Waals surface area contributed by atoms with E-state index in [4.69, 9.17) is 0 Å². The zero-order valence-corrected chi connectivity index (χ0v) is 12.5.